The number of hydrogen-bond donors (Lipinski definition) is 4. The van der Waals surface area contributed by atoms with Gasteiger partial charge < -0.3 is 20.7 Å². The van der Waals surface area contributed by atoms with Crippen LogP contribution in [-0.2, 0) is 6.54 Å². The molecule has 0 saturated carbocycles. The highest BCUT2D eigenvalue weighted by Crippen LogP contribution is 2.08. The molecule has 2 heterocycles. The van der Waals surface area contributed by atoms with Crippen LogP contribution < -0.4 is 15.5 Å². The molecule has 2 rings (SSSR count). The number of amides is 2. The molecule has 0 saturated heterocycles. The third-order valence-electron chi connectivity index (χ3n) is 2.25. The molecule has 0 spiro atoms. The lowest BCUT2D eigenvalue weighted by Crippen LogP contribution is -2.28. The molecule has 2 aromatic heterocycles. The molecule has 0 aliphatic rings. The fourth-order valence-electron chi connectivity index (χ4n) is 1.38. The minimum Gasteiger partial charge on any atom is -0.478 e. The van der Waals surface area contributed by atoms with E-state index in [-0.39, 0.29) is 22.7 Å². The van der Waals surface area contributed by atoms with Crippen molar-refractivity contribution in [1.82, 2.24) is 15.3 Å². The molecule has 104 valence electrons. The Kier molecular flexibility index (Phi) is 4.11. The summed E-state index contributed by atoms with van der Waals surface area (Å²) >= 11 is 1.01. The second-order valence-corrected chi connectivity index (χ2v) is 4.59. The lowest BCUT2D eigenvalue weighted by Gasteiger charge is -2.06. The normalized spacial score (nSPS) is 10.0. The lowest BCUT2D eigenvalue weighted by molar-refractivity contribution is 0.0696. The molecule has 0 fully saturated rings. The number of carboxylic acids is 1. The zero-order valence-electron chi connectivity index (χ0n) is 10.0. The van der Waals surface area contributed by atoms with Gasteiger partial charge in [0.05, 0.1) is 24.0 Å². The zero-order valence-corrected chi connectivity index (χ0v) is 10.9. The average Bonchev–Trinajstić information content (AvgIpc) is 2.82. The Morgan fingerprint density at radius 1 is 1.40 bits per heavy atom. The number of anilines is 1. The fraction of sp³-hybridized carbons (Fsp3) is 0.0909. The number of nitrogens with zero attached hydrogens (tertiary/aromatic N) is 1. The fourth-order valence-corrected chi connectivity index (χ4v) is 1.96. The van der Waals surface area contributed by atoms with Crippen molar-refractivity contribution in [2.45, 2.75) is 6.54 Å². The third-order valence-corrected chi connectivity index (χ3v) is 2.97. The first-order valence-electron chi connectivity index (χ1n) is 5.44. The summed E-state index contributed by atoms with van der Waals surface area (Å²) in [7, 11) is 0. The number of nitrogens with one attached hydrogen (secondary N) is 3. The van der Waals surface area contributed by atoms with Gasteiger partial charge in [0, 0.05) is 17.3 Å². The van der Waals surface area contributed by atoms with Crippen molar-refractivity contribution in [2.24, 2.45) is 0 Å². The topological polar surface area (TPSA) is 124 Å². The number of carboxylic acid groups (broad SMARTS) is 1. The minimum atomic E-state index is -1.13. The van der Waals surface area contributed by atoms with Crippen LogP contribution in [0.2, 0.25) is 0 Å². The Morgan fingerprint density at radius 3 is 2.85 bits per heavy atom. The highest BCUT2D eigenvalue weighted by molar-refractivity contribution is 7.07. The monoisotopic (exact) mass is 294 g/mol. The van der Waals surface area contributed by atoms with E-state index in [1.165, 1.54) is 18.5 Å². The Bertz CT molecular complexity index is 693. The number of rotatable bonds is 4. The summed E-state index contributed by atoms with van der Waals surface area (Å²) in [4.78, 5) is 39.3. The quantitative estimate of drug-likeness (QED) is 0.665. The number of aromatic nitrogens is 2. The predicted octanol–water partition coefficient (Wildman–Crippen LogP) is 0.851. The van der Waals surface area contributed by atoms with Gasteiger partial charge in [-0.05, 0) is 6.07 Å². The summed E-state index contributed by atoms with van der Waals surface area (Å²) < 4.78 is 0. The number of carbonyl (C=O) groups excluding carboxylic acids is 1. The zero-order chi connectivity index (χ0) is 14.5. The average molecular weight is 294 g/mol. The van der Waals surface area contributed by atoms with Gasteiger partial charge in [-0.3, -0.25) is 9.78 Å². The van der Waals surface area contributed by atoms with Gasteiger partial charge in [0.15, 0.2) is 0 Å². The molecule has 20 heavy (non-hydrogen) atoms. The summed E-state index contributed by atoms with van der Waals surface area (Å²) in [6, 6.07) is 0.767. The van der Waals surface area contributed by atoms with Crippen molar-refractivity contribution in [3.8, 4) is 0 Å². The van der Waals surface area contributed by atoms with Gasteiger partial charge in [0.25, 0.3) is 0 Å². The molecule has 9 heteroatoms. The molecule has 0 aliphatic heterocycles. The van der Waals surface area contributed by atoms with Crippen LogP contribution in [0.5, 0.6) is 0 Å². The minimum absolute atomic E-state index is 0.0232. The summed E-state index contributed by atoms with van der Waals surface area (Å²) in [5.41, 5.74) is 0.832. The molecule has 0 unspecified atom stereocenters. The van der Waals surface area contributed by atoms with E-state index in [4.69, 9.17) is 5.11 Å². The van der Waals surface area contributed by atoms with Gasteiger partial charge in [-0.25, -0.2) is 9.59 Å². The molecule has 8 nitrogen and oxygen atoms in total. The van der Waals surface area contributed by atoms with E-state index in [1.54, 1.807) is 5.38 Å². The van der Waals surface area contributed by atoms with E-state index in [0.29, 0.717) is 5.69 Å². The molecule has 0 aliphatic carbocycles. The molecule has 0 bridgehead atoms. The first-order valence-corrected chi connectivity index (χ1v) is 6.32. The van der Waals surface area contributed by atoms with Crippen molar-refractivity contribution in [3.05, 3.63) is 44.8 Å². The summed E-state index contributed by atoms with van der Waals surface area (Å²) in [5.74, 6) is -1.13. The number of urea groups is 1. The largest absolute Gasteiger partial charge is 0.478 e. The van der Waals surface area contributed by atoms with Crippen LogP contribution in [0.15, 0.2) is 28.6 Å². The van der Waals surface area contributed by atoms with Crippen LogP contribution in [0, 0.1) is 0 Å². The van der Waals surface area contributed by atoms with E-state index in [2.05, 4.69) is 20.6 Å². The Balaban J connectivity index is 1.92. The maximum Gasteiger partial charge on any atom is 0.337 e. The number of H-pyrrole nitrogens is 1. The van der Waals surface area contributed by atoms with Crippen molar-refractivity contribution < 1.29 is 14.7 Å². The van der Waals surface area contributed by atoms with Gasteiger partial charge in [-0.15, -0.1) is 0 Å². The smallest absolute Gasteiger partial charge is 0.337 e. The maximum absolute atomic E-state index is 11.6. The Morgan fingerprint density at radius 2 is 2.20 bits per heavy atom. The number of carbonyl (C=O) groups is 2. The second kappa shape index (κ2) is 5.97. The highest BCUT2D eigenvalue weighted by Gasteiger charge is 2.07. The molecule has 0 radical (unpaired) electrons. The van der Waals surface area contributed by atoms with Gasteiger partial charge >= 0.3 is 16.9 Å². The van der Waals surface area contributed by atoms with Crippen molar-refractivity contribution >= 4 is 29.0 Å². The molecular formula is C11H10N4O4S. The standard InChI is InChI=1S/C11H10N4O4S/c16-9(17)6-1-7(3-12-2-6)14-10(18)13-4-8-5-20-11(19)15-8/h1-3,5H,4H2,(H,15,19)(H,16,17)(H2,13,14,18). The molecule has 2 amide bonds. The first-order chi connectivity index (χ1) is 9.54. The molecule has 0 atom stereocenters. The third kappa shape index (κ3) is 3.65. The van der Waals surface area contributed by atoms with E-state index >= 15 is 0 Å². The summed E-state index contributed by atoms with van der Waals surface area (Å²) in [5, 5.41) is 15.4. The summed E-state index contributed by atoms with van der Waals surface area (Å²) in [6.45, 7) is 0.163. The van der Waals surface area contributed by atoms with E-state index < -0.39 is 12.0 Å². The van der Waals surface area contributed by atoms with Gasteiger partial charge in [0.1, 0.15) is 0 Å². The Hall–Kier alpha value is -2.68. The van der Waals surface area contributed by atoms with E-state index in [0.717, 1.165) is 11.3 Å². The van der Waals surface area contributed by atoms with Crippen LogP contribution in [0.4, 0.5) is 10.5 Å². The van der Waals surface area contributed by atoms with Crippen LogP contribution in [-0.4, -0.2) is 27.1 Å². The maximum atomic E-state index is 11.6. The predicted molar refractivity (Wildman–Crippen MR) is 72.0 cm³/mol. The van der Waals surface area contributed by atoms with Crippen LogP contribution in [0.25, 0.3) is 0 Å². The van der Waals surface area contributed by atoms with Crippen LogP contribution >= 0.6 is 11.3 Å². The molecular weight excluding hydrogens is 284 g/mol. The highest BCUT2D eigenvalue weighted by atomic mass is 32.1. The number of aromatic carboxylic acids is 1. The number of thiazole rings is 1. The molecule has 4 N–H and O–H groups in total. The SMILES string of the molecule is O=C(NCc1csc(=O)[nH]1)Nc1cncc(C(=O)O)c1. The van der Waals surface area contributed by atoms with Gasteiger partial charge in [-0.1, -0.05) is 11.3 Å². The van der Waals surface area contributed by atoms with Crippen molar-refractivity contribution in [2.75, 3.05) is 5.32 Å². The number of hydrogen-bond acceptors (Lipinski definition) is 5. The molecule has 2 aromatic rings. The lowest BCUT2D eigenvalue weighted by atomic mass is 10.3. The number of pyridine rings is 1. The van der Waals surface area contributed by atoms with Crippen LogP contribution in [0.3, 0.4) is 0 Å². The van der Waals surface area contributed by atoms with Crippen LogP contribution in [0.1, 0.15) is 16.1 Å². The first kappa shape index (κ1) is 13.7. The van der Waals surface area contributed by atoms with Gasteiger partial charge in [0.2, 0.25) is 0 Å². The van der Waals surface area contributed by atoms with E-state index in [1.807, 2.05) is 0 Å². The van der Waals surface area contributed by atoms with Crippen molar-refractivity contribution in [1.29, 1.82) is 0 Å². The van der Waals surface area contributed by atoms with E-state index in [9.17, 15) is 14.4 Å². The summed E-state index contributed by atoms with van der Waals surface area (Å²) in [6.07, 6.45) is 2.51. The van der Waals surface area contributed by atoms with Gasteiger partial charge in [-0.2, -0.15) is 0 Å². The molecule has 0 aromatic carbocycles. The Labute approximate surface area is 116 Å². The second-order valence-electron chi connectivity index (χ2n) is 3.75. The number of aromatic amines is 1. The van der Waals surface area contributed by atoms with Crippen molar-refractivity contribution in [3.63, 3.8) is 0 Å².